The maximum Gasteiger partial charge on any atom is 0.255 e. The molecule has 1 aromatic carbocycles. The summed E-state index contributed by atoms with van der Waals surface area (Å²) in [6.07, 6.45) is 2.50. The van der Waals surface area contributed by atoms with Crippen molar-refractivity contribution in [3.63, 3.8) is 0 Å². The number of amides is 1. The lowest BCUT2D eigenvalue weighted by Gasteiger charge is -2.07. The first-order chi connectivity index (χ1) is 11.1. The first-order valence-electron chi connectivity index (χ1n) is 8.09. The quantitative estimate of drug-likeness (QED) is 0.897. The third-order valence-corrected chi connectivity index (χ3v) is 4.61. The minimum absolute atomic E-state index is 0.0873. The van der Waals surface area contributed by atoms with Crippen molar-refractivity contribution in [2.24, 2.45) is 5.92 Å². The van der Waals surface area contributed by atoms with Crippen LogP contribution in [0.4, 0.5) is 5.13 Å². The number of nitrogens with zero attached hydrogens (tertiary/aromatic N) is 1. The summed E-state index contributed by atoms with van der Waals surface area (Å²) in [7, 11) is 0. The molecule has 1 amide bonds. The Morgan fingerprint density at radius 1 is 1.39 bits per heavy atom. The van der Waals surface area contributed by atoms with Crippen molar-refractivity contribution in [2.45, 2.75) is 39.2 Å². The number of carbonyl (C=O) groups is 1. The summed E-state index contributed by atoms with van der Waals surface area (Å²) >= 11 is 1.45. The number of hydrogen-bond donors (Lipinski definition) is 1. The number of hydrogen-bond acceptors (Lipinski definition) is 4. The average molecular weight is 330 g/mol. The van der Waals surface area contributed by atoms with Gasteiger partial charge in [0.25, 0.3) is 5.91 Å². The minimum atomic E-state index is -0.322. The van der Waals surface area contributed by atoms with Gasteiger partial charge in [-0.25, -0.2) is 4.98 Å². The van der Waals surface area contributed by atoms with Crippen molar-refractivity contribution in [3.8, 4) is 11.3 Å². The highest BCUT2D eigenvalue weighted by Gasteiger charge is 2.24. The number of anilines is 1. The van der Waals surface area contributed by atoms with Crippen LogP contribution in [-0.2, 0) is 16.0 Å². The summed E-state index contributed by atoms with van der Waals surface area (Å²) in [6.45, 7) is 5.11. The smallest absolute Gasteiger partial charge is 0.255 e. The summed E-state index contributed by atoms with van der Waals surface area (Å²) in [5, 5.41) is 5.46. The van der Waals surface area contributed by atoms with Crippen LogP contribution in [0.2, 0.25) is 0 Å². The van der Waals surface area contributed by atoms with E-state index in [4.69, 9.17) is 4.74 Å². The fourth-order valence-corrected chi connectivity index (χ4v) is 3.44. The van der Waals surface area contributed by atoms with Crippen LogP contribution in [0, 0.1) is 5.92 Å². The Hall–Kier alpha value is -1.72. The van der Waals surface area contributed by atoms with Crippen molar-refractivity contribution in [1.82, 2.24) is 4.98 Å². The molecule has 0 radical (unpaired) electrons. The molecular formula is C18H22N2O2S. The maximum absolute atomic E-state index is 12.0. The van der Waals surface area contributed by atoms with Crippen molar-refractivity contribution in [2.75, 3.05) is 11.9 Å². The lowest BCUT2D eigenvalue weighted by molar-refractivity contribution is -0.124. The van der Waals surface area contributed by atoms with Crippen molar-refractivity contribution < 1.29 is 9.53 Å². The van der Waals surface area contributed by atoms with Gasteiger partial charge in [0.15, 0.2) is 5.13 Å². The Balaban J connectivity index is 1.65. The van der Waals surface area contributed by atoms with Gasteiger partial charge in [0.1, 0.15) is 6.10 Å². The van der Waals surface area contributed by atoms with Crippen LogP contribution in [0.3, 0.4) is 0 Å². The third kappa shape index (κ3) is 4.18. The Morgan fingerprint density at radius 2 is 2.17 bits per heavy atom. The normalized spacial score (nSPS) is 17.6. The van der Waals surface area contributed by atoms with Crippen molar-refractivity contribution in [1.29, 1.82) is 0 Å². The molecule has 0 bridgehead atoms. The number of thiazole rings is 1. The van der Waals surface area contributed by atoms with E-state index in [9.17, 15) is 4.79 Å². The average Bonchev–Trinajstić information content (AvgIpc) is 3.18. The molecule has 122 valence electrons. The summed E-state index contributed by atoms with van der Waals surface area (Å²) in [4.78, 5) is 16.6. The molecule has 1 aromatic heterocycles. The Bertz CT molecular complexity index is 658. The van der Waals surface area contributed by atoms with Crippen LogP contribution in [-0.4, -0.2) is 23.6 Å². The number of nitrogens with one attached hydrogen (secondary N) is 1. The Morgan fingerprint density at radius 3 is 2.83 bits per heavy atom. The molecule has 1 saturated heterocycles. The van der Waals surface area contributed by atoms with Crippen LogP contribution in [0.25, 0.3) is 11.3 Å². The third-order valence-electron chi connectivity index (χ3n) is 3.85. The fourth-order valence-electron chi connectivity index (χ4n) is 2.72. The second kappa shape index (κ2) is 7.23. The highest BCUT2D eigenvalue weighted by molar-refractivity contribution is 7.14. The molecule has 2 heterocycles. The lowest BCUT2D eigenvalue weighted by Crippen LogP contribution is -2.26. The van der Waals surface area contributed by atoms with E-state index in [1.54, 1.807) is 0 Å². The number of carbonyl (C=O) groups excluding carboxylic acids is 1. The molecule has 1 fully saturated rings. The summed E-state index contributed by atoms with van der Waals surface area (Å²) < 4.78 is 5.39. The summed E-state index contributed by atoms with van der Waals surface area (Å²) in [6, 6.07) is 8.50. The van der Waals surface area contributed by atoms with E-state index in [2.05, 4.69) is 48.4 Å². The number of ether oxygens (including phenoxy) is 1. The highest BCUT2D eigenvalue weighted by Crippen LogP contribution is 2.26. The van der Waals surface area contributed by atoms with Gasteiger partial charge < -0.3 is 4.74 Å². The largest absolute Gasteiger partial charge is 0.368 e. The van der Waals surface area contributed by atoms with Crippen LogP contribution in [0.5, 0.6) is 0 Å². The van der Waals surface area contributed by atoms with E-state index in [0.717, 1.165) is 30.5 Å². The predicted molar refractivity (Wildman–Crippen MR) is 93.7 cm³/mol. The molecule has 1 atom stereocenters. The lowest BCUT2D eigenvalue weighted by atomic mass is 10.0. The molecule has 0 aliphatic carbocycles. The molecule has 1 aliphatic heterocycles. The van der Waals surface area contributed by atoms with Crippen LogP contribution in [0.15, 0.2) is 29.6 Å². The van der Waals surface area contributed by atoms with Crippen LogP contribution >= 0.6 is 11.3 Å². The molecule has 5 heteroatoms. The highest BCUT2D eigenvalue weighted by atomic mass is 32.1. The molecule has 1 unspecified atom stereocenters. The zero-order valence-corrected chi connectivity index (χ0v) is 14.4. The van der Waals surface area contributed by atoms with E-state index in [0.29, 0.717) is 17.7 Å². The SMILES string of the molecule is CC(C)Cc1ccc(-c2csc(NC(=O)C3CCCO3)n2)cc1. The van der Waals surface area contributed by atoms with Crippen molar-refractivity contribution >= 4 is 22.4 Å². The van der Waals surface area contributed by atoms with Gasteiger partial charge in [-0.3, -0.25) is 10.1 Å². The number of rotatable bonds is 5. The van der Waals surface area contributed by atoms with Gasteiger partial charge in [0.05, 0.1) is 5.69 Å². The molecule has 1 aliphatic rings. The van der Waals surface area contributed by atoms with Gasteiger partial charge in [0.2, 0.25) is 0 Å². The molecule has 3 rings (SSSR count). The van der Waals surface area contributed by atoms with Gasteiger partial charge in [-0.2, -0.15) is 0 Å². The molecule has 4 nitrogen and oxygen atoms in total. The van der Waals surface area contributed by atoms with E-state index < -0.39 is 0 Å². The Kier molecular flexibility index (Phi) is 5.08. The van der Waals surface area contributed by atoms with E-state index in [-0.39, 0.29) is 12.0 Å². The van der Waals surface area contributed by atoms with E-state index >= 15 is 0 Å². The molecule has 0 saturated carbocycles. The predicted octanol–water partition coefficient (Wildman–Crippen LogP) is 4.13. The maximum atomic E-state index is 12.0. The van der Waals surface area contributed by atoms with E-state index in [1.165, 1.54) is 16.9 Å². The zero-order chi connectivity index (χ0) is 16.2. The molecule has 1 N–H and O–H groups in total. The second-order valence-corrected chi connectivity index (χ2v) is 7.18. The van der Waals surface area contributed by atoms with E-state index in [1.807, 2.05) is 5.38 Å². The first kappa shape index (κ1) is 16.1. The monoisotopic (exact) mass is 330 g/mol. The topological polar surface area (TPSA) is 51.2 Å². The molecule has 2 aromatic rings. The van der Waals surface area contributed by atoms with Crippen LogP contribution in [0.1, 0.15) is 32.3 Å². The van der Waals surface area contributed by atoms with Gasteiger partial charge in [-0.15, -0.1) is 11.3 Å². The number of aromatic nitrogens is 1. The first-order valence-corrected chi connectivity index (χ1v) is 8.97. The second-order valence-electron chi connectivity index (χ2n) is 6.32. The molecule has 23 heavy (non-hydrogen) atoms. The standard InChI is InChI=1S/C18H22N2O2S/c1-12(2)10-13-5-7-14(8-6-13)15-11-23-18(19-15)20-17(21)16-4-3-9-22-16/h5-8,11-12,16H,3-4,9-10H2,1-2H3,(H,19,20,21). The van der Waals surface area contributed by atoms with Crippen LogP contribution < -0.4 is 5.32 Å². The molecule has 0 spiro atoms. The molecular weight excluding hydrogens is 308 g/mol. The number of benzene rings is 1. The van der Waals surface area contributed by atoms with Gasteiger partial charge in [0, 0.05) is 17.6 Å². The summed E-state index contributed by atoms with van der Waals surface area (Å²) in [5.41, 5.74) is 3.31. The Labute approximate surface area is 140 Å². The van der Waals surface area contributed by atoms with Gasteiger partial charge >= 0.3 is 0 Å². The zero-order valence-electron chi connectivity index (χ0n) is 13.5. The van der Waals surface area contributed by atoms with Crippen molar-refractivity contribution in [3.05, 3.63) is 35.2 Å². The van der Waals surface area contributed by atoms with Gasteiger partial charge in [-0.05, 0) is 30.7 Å². The minimum Gasteiger partial charge on any atom is -0.368 e. The van der Waals surface area contributed by atoms with Gasteiger partial charge in [-0.1, -0.05) is 38.1 Å². The fraction of sp³-hybridized carbons (Fsp3) is 0.444. The summed E-state index contributed by atoms with van der Waals surface area (Å²) in [5.74, 6) is 0.565.